The molecule has 2 aromatic rings. The summed E-state index contributed by atoms with van der Waals surface area (Å²) in [6.45, 7) is 6.25. The Morgan fingerprint density at radius 2 is 2.07 bits per heavy atom. The molecule has 4 heterocycles. The van der Waals surface area contributed by atoms with Crippen LogP contribution in [0.15, 0.2) is 22.6 Å². The first-order chi connectivity index (χ1) is 13.1. The van der Waals surface area contributed by atoms with Crippen molar-refractivity contribution in [2.75, 3.05) is 47.0 Å². The van der Waals surface area contributed by atoms with Gasteiger partial charge in [-0.15, -0.1) is 0 Å². The van der Waals surface area contributed by atoms with Crippen LogP contribution in [0.4, 0.5) is 0 Å². The highest BCUT2D eigenvalue weighted by atomic mass is 16.5. The fourth-order valence-corrected chi connectivity index (χ4v) is 4.51. The monoisotopic (exact) mass is 372 g/mol. The molecule has 3 aliphatic rings. The van der Waals surface area contributed by atoms with Crippen LogP contribution in [0, 0.1) is 12.8 Å². The third-order valence-electron chi connectivity index (χ3n) is 6.04. The standard InChI is InChI=1S/C21H28N2O4/c1-14-18-7-6-17(26-3)10-19(18)27-20(14)21(24)23-12-15-4-5-16(13-23)22(11-15)8-9-25-2/h6-7,10,15-16H,4-5,8-9,11-13H2,1-3H3/t15-,16-/m0/s1. The van der Waals surface area contributed by atoms with Gasteiger partial charge in [0.15, 0.2) is 5.76 Å². The lowest BCUT2D eigenvalue weighted by Crippen LogP contribution is -2.45. The third kappa shape index (κ3) is 3.44. The zero-order valence-electron chi connectivity index (χ0n) is 16.4. The van der Waals surface area contributed by atoms with E-state index in [0.717, 1.165) is 55.9 Å². The van der Waals surface area contributed by atoms with Crippen molar-refractivity contribution in [2.45, 2.75) is 25.8 Å². The van der Waals surface area contributed by atoms with Crippen LogP contribution in [0.2, 0.25) is 0 Å². The average Bonchev–Trinajstić information content (AvgIpc) is 2.84. The van der Waals surface area contributed by atoms with Crippen LogP contribution in [-0.2, 0) is 4.74 Å². The molecule has 6 heteroatoms. The Kier molecular flexibility index (Phi) is 5.10. The number of piperidine rings is 1. The van der Waals surface area contributed by atoms with E-state index in [2.05, 4.69) is 4.90 Å². The van der Waals surface area contributed by atoms with Crippen LogP contribution < -0.4 is 4.74 Å². The highest BCUT2D eigenvalue weighted by Gasteiger charge is 2.37. The highest BCUT2D eigenvalue weighted by molar-refractivity contribution is 5.99. The molecule has 1 aromatic heterocycles. The quantitative estimate of drug-likeness (QED) is 0.808. The molecule has 1 aromatic carbocycles. The van der Waals surface area contributed by atoms with Gasteiger partial charge in [-0.05, 0) is 37.8 Å². The molecule has 0 saturated carbocycles. The number of rotatable bonds is 5. The number of aryl methyl sites for hydroxylation is 1. The van der Waals surface area contributed by atoms with Crippen molar-refractivity contribution in [1.29, 1.82) is 0 Å². The van der Waals surface area contributed by atoms with E-state index in [1.807, 2.05) is 30.0 Å². The summed E-state index contributed by atoms with van der Waals surface area (Å²) in [6.07, 6.45) is 2.34. The summed E-state index contributed by atoms with van der Waals surface area (Å²) in [4.78, 5) is 17.8. The van der Waals surface area contributed by atoms with Gasteiger partial charge in [0.1, 0.15) is 11.3 Å². The van der Waals surface area contributed by atoms with Gasteiger partial charge in [-0.2, -0.15) is 0 Å². The number of amides is 1. The molecule has 5 rings (SSSR count). The first-order valence-electron chi connectivity index (χ1n) is 9.70. The lowest BCUT2D eigenvalue weighted by molar-refractivity contribution is 0.0690. The maximum Gasteiger partial charge on any atom is 0.289 e. The number of nitrogens with zero attached hydrogens (tertiary/aromatic N) is 2. The van der Waals surface area contributed by atoms with E-state index < -0.39 is 0 Å². The molecule has 146 valence electrons. The first-order valence-corrected chi connectivity index (χ1v) is 9.70. The maximum atomic E-state index is 13.3. The molecule has 27 heavy (non-hydrogen) atoms. The Hall–Kier alpha value is -2.05. The minimum atomic E-state index is 0.00755. The number of furan rings is 1. The van der Waals surface area contributed by atoms with E-state index in [1.54, 1.807) is 14.2 Å². The molecule has 0 N–H and O–H groups in total. The first kappa shape index (κ1) is 18.3. The predicted octanol–water partition coefficient (Wildman–Crippen LogP) is 2.93. The van der Waals surface area contributed by atoms with E-state index in [1.165, 1.54) is 6.42 Å². The van der Waals surface area contributed by atoms with Gasteiger partial charge in [0, 0.05) is 56.3 Å². The molecule has 0 spiro atoms. The number of hydrogen-bond donors (Lipinski definition) is 0. The van der Waals surface area contributed by atoms with Crippen molar-refractivity contribution in [2.24, 2.45) is 5.92 Å². The number of methoxy groups -OCH3 is 2. The molecule has 3 fully saturated rings. The number of fused-ring (bicyclic) bond motifs is 5. The minimum Gasteiger partial charge on any atom is -0.497 e. The molecule has 0 aliphatic carbocycles. The van der Waals surface area contributed by atoms with Gasteiger partial charge in [-0.3, -0.25) is 9.69 Å². The highest BCUT2D eigenvalue weighted by Crippen LogP contribution is 2.32. The van der Waals surface area contributed by atoms with Gasteiger partial charge in [-0.25, -0.2) is 0 Å². The summed E-state index contributed by atoms with van der Waals surface area (Å²) < 4.78 is 16.5. The predicted molar refractivity (Wildman–Crippen MR) is 103 cm³/mol. The second-order valence-corrected chi connectivity index (χ2v) is 7.71. The van der Waals surface area contributed by atoms with Crippen molar-refractivity contribution >= 4 is 16.9 Å². The molecule has 3 saturated heterocycles. The third-order valence-corrected chi connectivity index (χ3v) is 6.04. The molecule has 0 unspecified atom stereocenters. The Balaban J connectivity index is 1.58. The summed E-state index contributed by atoms with van der Waals surface area (Å²) in [5.41, 5.74) is 1.61. The molecule has 0 radical (unpaired) electrons. The molecule has 1 amide bonds. The van der Waals surface area contributed by atoms with Gasteiger partial charge in [0.2, 0.25) is 0 Å². The molecular formula is C21H28N2O4. The van der Waals surface area contributed by atoms with Crippen LogP contribution in [0.5, 0.6) is 5.75 Å². The Morgan fingerprint density at radius 3 is 2.85 bits per heavy atom. The molecular weight excluding hydrogens is 344 g/mol. The zero-order valence-corrected chi connectivity index (χ0v) is 16.4. The van der Waals surface area contributed by atoms with E-state index >= 15 is 0 Å². The second kappa shape index (κ2) is 7.52. The van der Waals surface area contributed by atoms with Crippen molar-refractivity contribution in [3.63, 3.8) is 0 Å². The van der Waals surface area contributed by atoms with Gasteiger partial charge < -0.3 is 18.8 Å². The van der Waals surface area contributed by atoms with Gasteiger partial charge in [-0.1, -0.05) is 0 Å². The summed E-state index contributed by atoms with van der Waals surface area (Å²) in [7, 11) is 3.37. The van der Waals surface area contributed by atoms with E-state index in [9.17, 15) is 4.79 Å². The average molecular weight is 372 g/mol. The van der Waals surface area contributed by atoms with Gasteiger partial charge in [0.25, 0.3) is 5.91 Å². The molecule has 6 nitrogen and oxygen atoms in total. The van der Waals surface area contributed by atoms with E-state index in [4.69, 9.17) is 13.9 Å². The SMILES string of the molecule is COCCN1C[C@@H]2CC[C@H]1CN(C(=O)c1oc3cc(OC)ccc3c1C)C2. The van der Waals surface area contributed by atoms with Crippen LogP contribution in [0.1, 0.15) is 29.0 Å². The van der Waals surface area contributed by atoms with E-state index in [0.29, 0.717) is 23.3 Å². The van der Waals surface area contributed by atoms with E-state index in [-0.39, 0.29) is 5.91 Å². The lowest BCUT2D eigenvalue weighted by atomic mass is 9.95. The minimum absolute atomic E-state index is 0.00755. The van der Waals surface area contributed by atoms with Crippen molar-refractivity contribution < 1.29 is 18.7 Å². The Morgan fingerprint density at radius 1 is 1.22 bits per heavy atom. The summed E-state index contributed by atoms with van der Waals surface area (Å²) in [5, 5.41) is 0.971. The zero-order chi connectivity index (χ0) is 19.0. The van der Waals surface area contributed by atoms with Gasteiger partial charge >= 0.3 is 0 Å². The topological polar surface area (TPSA) is 55.2 Å². The number of carbonyl (C=O) groups is 1. The normalized spacial score (nSPS) is 23.0. The summed E-state index contributed by atoms with van der Waals surface area (Å²) in [5.74, 6) is 1.72. The summed E-state index contributed by atoms with van der Waals surface area (Å²) in [6, 6.07) is 6.12. The Labute approximate surface area is 160 Å². The number of benzene rings is 1. The van der Waals surface area contributed by atoms with Gasteiger partial charge in [0.05, 0.1) is 13.7 Å². The fraction of sp³-hybridized carbons (Fsp3) is 0.571. The van der Waals surface area contributed by atoms with Crippen molar-refractivity contribution in [3.05, 3.63) is 29.5 Å². The van der Waals surface area contributed by atoms with Crippen LogP contribution in [0.25, 0.3) is 11.0 Å². The maximum absolute atomic E-state index is 13.3. The number of hydrogen-bond acceptors (Lipinski definition) is 5. The van der Waals surface area contributed by atoms with Crippen molar-refractivity contribution in [1.82, 2.24) is 9.80 Å². The Bertz CT molecular complexity index is 831. The summed E-state index contributed by atoms with van der Waals surface area (Å²) >= 11 is 0. The molecule has 2 atom stereocenters. The molecule has 3 aliphatic heterocycles. The van der Waals surface area contributed by atoms with Crippen molar-refractivity contribution in [3.8, 4) is 5.75 Å². The fourth-order valence-electron chi connectivity index (χ4n) is 4.51. The molecule has 2 bridgehead atoms. The number of carbonyl (C=O) groups excluding carboxylic acids is 1. The van der Waals surface area contributed by atoms with Crippen LogP contribution in [-0.4, -0.2) is 68.8 Å². The van der Waals surface area contributed by atoms with Crippen LogP contribution >= 0.6 is 0 Å². The largest absolute Gasteiger partial charge is 0.497 e. The second-order valence-electron chi connectivity index (χ2n) is 7.71. The number of ether oxygens (including phenoxy) is 2. The smallest absolute Gasteiger partial charge is 0.289 e. The lowest BCUT2D eigenvalue weighted by Gasteiger charge is -2.35. The van der Waals surface area contributed by atoms with Crippen LogP contribution in [0.3, 0.4) is 0 Å².